The van der Waals surface area contributed by atoms with Gasteiger partial charge in [0.25, 0.3) is 0 Å². The van der Waals surface area contributed by atoms with Gasteiger partial charge in [-0.2, -0.15) is 12.6 Å². The third-order valence-corrected chi connectivity index (χ3v) is 3.07. The van der Waals surface area contributed by atoms with Gasteiger partial charge >= 0.3 is 0 Å². The summed E-state index contributed by atoms with van der Waals surface area (Å²) in [4.78, 5) is 1.39. The molecule has 0 aliphatic carbocycles. The van der Waals surface area contributed by atoms with Gasteiger partial charge < -0.3 is 0 Å². The van der Waals surface area contributed by atoms with Crippen LogP contribution in [-0.4, -0.2) is 5.75 Å². The molecule has 11 heavy (non-hydrogen) atoms. The predicted molar refractivity (Wildman–Crippen MR) is 56.1 cm³/mol. The Balaban J connectivity index is 2.27. The summed E-state index contributed by atoms with van der Waals surface area (Å²) in [5, 5.41) is 0. The van der Waals surface area contributed by atoms with E-state index in [2.05, 4.69) is 18.7 Å². The number of thiophene rings is 1. The summed E-state index contributed by atoms with van der Waals surface area (Å²) in [5.74, 6) is 0.985. The Kier molecular flexibility index (Phi) is 4.34. The Morgan fingerprint density at radius 3 is 2.73 bits per heavy atom. The summed E-state index contributed by atoms with van der Waals surface area (Å²) in [7, 11) is 0. The van der Waals surface area contributed by atoms with Crippen LogP contribution in [0.2, 0.25) is 4.34 Å². The minimum atomic E-state index is 0.894. The Labute approximate surface area is 82.0 Å². The third kappa shape index (κ3) is 3.50. The monoisotopic (exact) mass is 206 g/mol. The fourth-order valence-corrected chi connectivity index (χ4v) is 2.25. The molecule has 0 N–H and O–H groups in total. The van der Waals surface area contributed by atoms with Crippen molar-refractivity contribution >= 4 is 35.6 Å². The Morgan fingerprint density at radius 2 is 2.18 bits per heavy atom. The van der Waals surface area contributed by atoms with Crippen molar-refractivity contribution < 1.29 is 0 Å². The number of rotatable bonds is 4. The fraction of sp³-hybridized carbons (Fsp3) is 0.500. The van der Waals surface area contributed by atoms with Gasteiger partial charge in [0.15, 0.2) is 0 Å². The van der Waals surface area contributed by atoms with Crippen LogP contribution < -0.4 is 0 Å². The SMILES string of the molecule is SCCCCc1ccc(Cl)s1. The normalized spacial score (nSPS) is 10.4. The van der Waals surface area contributed by atoms with E-state index in [1.165, 1.54) is 17.7 Å². The van der Waals surface area contributed by atoms with E-state index < -0.39 is 0 Å². The van der Waals surface area contributed by atoms with E-state index in [1.54, 1.807) is 11.3 Å². The first-order valence-corrected chi connectivity index (χ1v) is 5.50. The van der Waals surface area contributed by atoms with Crippen molar-refractivity contribution in [1.29, 1.82) is 0 Å². The molecule has 0 nitrogen and oxygen atoms in total. The zero-order valence-corrected chi connectivity index (χ0v) is 8.68. The van der Waals surface area contributed by atoms with Crippen LogP contribution in [0.3, 0.4) is 0 Å². The van der Waals surface area contributed by atoms with Crippen LogP contribution in [0.4, 0.5) is 0 Å². The molecule has 0 bridgehead atoms. The number of aryl methyl sites for hydroxylation is 1. The summed E-state index contributed by atoms with van der Waals surface area (Å²) in [6.45, 7) is 0. The van der Waals surface area contributed by atoms with Crippen molar-refractivity contribution in [2.24, 2.45) is 0 Å². The highest BCUT2D eigenvalue weighted by Gasteiger charge is 1.96. The second kappa shape index (κ2) is 5.07. The van der Waals surface area contributed by atoms with Crippen molar-refractivity contribution in [1.82, 2.24) is 0 Å². The molecule has 0 aliphatic rings. The molecule has 0 saturated carbocycles. The molecular weight excluding hydrogens is 196 g/mol. The lowest BCUT2D eigenvalue weighted by Gasteiger charge is -1.93. The van der Waals surface area contributed by atoms with E-state index in [0.717, 1.165) is 16.5 Å². The highest BCUT2D eigenvalue weighted by molar-refractivity contribution is 7.80. The van der Waals surface area contributed by atoms with Crippen molar-refractivity contribution in [3.05, 3.63) is 21.3 Å². The molecule has 0 saturated heterocycles. The maximum atomic E-state index is 5.78. The summed E-state index contributed by atoms with van der Waals surface area (Å²) in [6.07, 6.45) is 3.57. The quantitative estimate of drug-likeness (QED) is 0.564. The van der Waals surface area contributed by atoms with Crippen LogP contribution in [0.25, 0.3) is 0 Å². The minimum absolute atomic E-state index is 0.894. The summed E-state index contributed by atoms with van der Waals surface area (Å²) in [6, 6.07) is 4.06. The molecule has 1 aromatic rings. The van der Waals surface area contributed by atoms with Gasteiger partial charge in [-0.25, -0.2) is 0 Å². The number of hydrogen-bond donors (Lipinski definition) is 1. The first kappa shape index (κ1) is 9.43. The van der Waals surface area contributed by atoms with Gasteiger partial charge in [0.05, 0.1) is 4.34 Å². The van der Waals surface area contributed by atoms with Gasteiger partial charge in [0.2, 0.25) is 0 Å². The van der Waals surface area contributed by atoms with E-state index in [0.29, 0.717) is 0 Å². The lowest BCUT2D eigenvalue weighted by atomic mass is 10.2. The molecule has 0 atom stereocenters. The van der Waals surface area contributed by atoms with Gasteiger partial charge in [0, 0.05) is 4.88 Å². The molecule has 0 aromatic carbocycles. The van der Waals surface area contributed by atoms with Gasteiger partial charge in [-0.3, -0.25) is 0 Å². The molecule has 0 fully saturated rings. The van der Waals surface area contributed by atoms with Crippen molar-refractivity contribution in [3.63, 3.8) is 0 Å². The maximum Gasteiger partial charge on any atom is 0.0931 e. The third-order valence-electron chi connectivity index (χ3n) is 1.46. The average Bonchev–Trinajstić information content (AvgIpc) is 2.37. The maximum absolute atomic E-state index is 5.78. The Morgan fingerprint density at radius 1 is 1.36 bits per heavy atom. The summed E-state index contributed by atoms with van der Waals surface area (Å²) >= 11 is 11.6. The molecule has 0 amide bonds. The first-order chi connectivity index (χ1) is 5.33. The predicted octanol–water partition coefficient (Wildman–Crippen LogP) is 3.65. The van der Waals surface area contributed by atoms with Gasteiger partial charge in [0.1, 0.15) is 0 Å². The number of thiol groups is 1. The molecule has 1 rings (SSSR count). The van der Waals surface area contributed by atoms with Gasteiger partial charge in [-0.15, -0.1) is 11.3 Å². The molecule has 0 aliphatic heterocycles. The highest BCUT2D eigenvalue weighted by atomic mass is 35.5. The van der Waals surface area contributed by atoms with Gasteiger partial charge in [-0.05, 0) is 37.1 Å². The first-order valence-electron chi connectivity index (χ1n) is 3.68. The minimum Gasteiger partial charge on any atom is -0.179 e. The molecule has 0 unspecified atom stereocenters. The largest absolute Gasteiger partial charge is 0.179 e. The van der Waals surface area contributed by atoms with Crippen LogP contribution in [0.5, 0.6) is 0 Å². The van der Waals surface area contributed by atoms with Crippen LogP contribution in [0.15, 0.2) is 12.1 Å². The van der Waals surface area contributed by atoms with E-state index in [-0.39, 0.29) is 0 Å². The van der Waals surface area contributed by atoms with E-state index in [4.69, 9.17) is 11.6 Å². The van der Waals surface area contributed by atoms with E-state index in [9.17, 15) is 0 Å². The van der Waals surface area contributed by atoms with Crippen LogP contribution in [0.1, 0.15) is 17.7 Å². The van der Waals surface area contributed by atoms with Crippen molar-refractivity contribution in [2.75, 3.05) is 5.75 Å². The molecule has 1 aromatic heterocycles. The number of hydrogen-bond acceptors (Lipinski definition) is 2. The van der Waals surface area contributed by atoms with Gasteiger partial charge in [-0.1, -0.05) is 11.6 Å². The smallest absolute Gasteiger partial charge is 0.0931 e. The summed E-state index contributed by atoms with van der Waals surface area (Å²) < 4.78 is 0.894. The van der Waals surface area contributed by atoms with E-state index in [1.807, 2.05) is 6.07 Å². The van der Waals surface area contributed by atoms with Crippen molar-refractivity contribution in [3.8, 4) is 0 Å². The van der Waals surface area contributed by atoms with Crippen LogP contribution >= 0.6 is 35.6 Å². The molecule has 1 heterocycles. The molecule has 62 valence electrons. The lowest BCUT2D eigenvalue weighted by molar-refractivity contribution is 0.813. The van der Waals surface area contributed by atoms with E-state index >= 15 is 0 Å². The highest BCUT2D eigenvalue weighted by Crippen LogP contribution is 2.22. The molecule has 0 radical (unpaired) electrons. The molecule has 3 heteroatoms. The standard InChI is InChI=1S/C8H11ClS2/c9-8-5-4-7(11-8)3-1-2-6-10/h4-5,10H,1-3,6H2. The second-order valence-electron chi connectivity index (χ2n) is 2.39. The van der Waals surface area contributed by atoms with Crippen LogP contribution in [0, 0.1) is 0 Å². The topological polar surface area (TPSA) is 0 Å². The Bertz CT molecular complexity index is 208. The molecular formula is C8H11ClS2. The van der Waals surface area contributed by atoms with Crippen molar-refractivity contribution in [2.45, 2.75) is 19.3 Å². The Hall–Kier alpha value is 0.340. The number of halogens is 1. The fourth-order valence-electron chi connectivity index (χ4n) is 0.897. The number of unbranched alkanes of at least 4 members (excludes halogenated alkanes) is 1. The second-order valence-corrected chi connectivity index (χ2v) is 4.63. The summed E-state index contributed by atoms with van der Waals surface area (Å²) in [5.41, 5.74) is 0. The van der Waals surface area contributed by atoms with Crippen LogP contribution in [-0.2, 0) is 6.42 Å². The average molecular weight is 207 g/mol. The zero-order chi connectivity index (χ0) is 8.10. The zero-order valence-electron chi connectivity index (χ0n) is 6.22. The lowest BCUT2D eigenvalue weighted by Crippen LogP contribution is -1.80. The molecule has 0 spiro atoms.